The molecular formula is C29H29NO7. The number of likely N-dealkylation sites (tertiary alicyclic amines) is 1. The predicted molar refractivity (Wildman–Crippen MR) is 136 cm³/mol. The maximum absolute atomic E-state index is 12.5. The lowest BCUT2D eigenvalue weighted by molar-refractivity contribution is -0.117. The van der Waals surface area contributed by atoms with Crippen molar-refractivity contribution in [3.8, 4) is 17.2 Å². The van der Waals surface area contributed by atoms with E-state index in [1.165, 1.54) is 13.2 Å². The Morgan fingerprint density at radius 1 is 0.892 bits per heavy atom. The van der Waals surface area contributed by atoms with Gasteiger partial charge in [0.15, 0.2) is 0 Å². The van der Waals surface area contributed by atoms with Gasteiger partial charge in [-0.1, -0.05) is 30.3 Å². The van der Waals surface area contributed by atoms with E-state index >= 15 is 0 Å². The van der Waals surface area contributed by atoms with Gasteiger partial charge in [-0.05, 0) is 66.4 Å². The maximum atomic E-state index is 12.5. The summed E-state index contributed by atoms with van der Waals surface area (Å²) in [6.07, 6.45) is 1.76. The minimum Gasteiger partial charge on any atom is -0.491 e. The van der Waals surface area contributed by atoms with Gasteiger partial charge in [0.2, 0.25) is 0 Å². The molecule has 0 bridgehead atoms. The van der Waals surface area contributed by atoms with Crippen molar-refractivity contribution in [2.24, 2.45) is 0 Å². The second kappa shape index (κ2) is 12.1. The van der Waals surface area contributed by atoms with Crippen LogP contribution in [0.2, 0.25) is 0 Å². The number of hydrogen-bond donors (Lipinski definition) is 1. The lowest BCUT2D eigenvalue weighted by Gasteiger charge is -2.23. The molecule has 0 aromatic heterocycles. The van der Waals surface area contributed by atoms with Crippen molar-refractivity contribution >= 4 is 17.8 Å². The highest BCUT2D eigenvalue weighted by atomic mass is 16.5. The Kier molecular flexibility index (Phi) is 8.40. The first-order valence-corrected chi connectivity index (χ1v) is 12.1. The molecule has 1 N–H and O–H groups in total. The SMILES string of the molecule is COC(=O)N1CCC[C@@H]1COc1ccc(Oc2ccc(CC(=O)Cc3ccccc3C(=O)O)cc2)cc1. The third-order valence-electron chi connectivity index (χ3n) is 6.25. The van der Waals surface area contributed by atoms with Crippen LogP contribution in [0.15, 0.2) is 72.8 Å². The van der Waals surface area contributed by atoms with Gasteiger partial charge in [-0.2, -0.15) is 0 Å². The minimum atomic E-state index is -1.04. The standard InChI is InChI=1S/C29H29NO7/c1-35-29(34)30-16-4-6-22(30)19-36-24-12-14-26(15-13-24)37-25-10-8-20(9-11-25)17-23(31)18-21-5-2-3-7-27(21)28(32)33/h2-3,5,7-15,22H,4,6,16-19H2,1H3,(H,32,33)/t22-/m1/s1. The van der Waals surface area contributed by atoms with E-state index in [0.29, 0.717) is 36.0 Å². The number of carboxylic acids is 1. The monoisotopic (exact) mass is 503 g/mol. The molecule has 0 unspecified atom stereocenters. The Morgan fingerprint density at radius 2 is 1.54 bits per heavy atom. The summed E-state index contributed by atoms with van der Waals surface area (Å²) in [5.74, 6) is 0.843. The second-order valence-corrected chi connectivity index (χ2v) is 8.84. The van der Waals surface area contributed by atoms with Crippen LogP contribution in [0.5, 0.6) is 17.2 Å². The molecule has 1 aliphatic rings. The molecule has 192 valence electrons. The van der Waals surface area contributed by atoms with E-state index in [1.807, 2.05) is 24.3 Å². The lowest BCUT2D eigenvalue weighted by Crippen LogP contribution is -2.38. The molecule has 1 atom stereocenters. The van der Waals surface area contributed by atoms with Gasteiger partial charge in [-0.25, -0.2) is 9.59 Å². The number of methoxy groups -OCH3 is 1. The van der Waals surface area contributed by atoms with Crippen molar-refractivity contribution in [2.75, 3.05) is 20.3 Å². The largest absolute Gasteiger partial charge is 0.491 e. The van der Waals surface area contributed by atoms with E-state index in [-0.39, 0.29) is 36.3 Å². The smallest absolute Gasteiger partial charge is 0.409 e. The number of rotatable bonds is 10. The molecule has 4 rings (SSSR count). The molecule has 0 aliphatic carbocycles. The lowest BCUT2D eigenvalue weighted by atomic mass is 9.99. The zero-order valence-electron chi connectivity index (χ0n) is 20.6. The first-order chi connectivity index (χ1) is 17.9. The van der Waals surface area contributed by atoms with Crippen LogP contribution >= 0.6 is 0 Å². The van der Waals surface area contributed by atoms with E-state index in [4.69, 9.17) is 14.2 Å². The summed E-state index contributed by atoms with van der Waals surface area (Å²) in [6, 6.07) is 21.0. The molecular weight excluding hydrogens is 474 g/mol. The summed E-state index contributed by atoms with van der Waals surface area (Å²) < 4.78 is 16.6. The van der Waals surface area contributed by atoms with Gasteiger partial charge >= 0.3 is 12.1 Å². The van der Waals surface area contributed by atoms with Crippen LogP contribution in [-0.4, -0.2) is 54.2 Å². The molecule has 3 aromatic carbocycles. The summed E-state index contributed by atoms with van der Waals surface area (Å²) in [7, 11) is 1.38. The fraction of sp³-hybridized carbons (Fsp3) is 0.276. The quantitative estimate of drug-likeness (QED) is 0.409. The number of hydrogen-bond acceptors (Lipinski definition) is 6. The fourth-order valence-corrected chi connectivity index (χ4v) is 4.36. The fourth-order valence-electron chi connectivity index (χ4n) is 4.36. The molecule has 1 heterocycles. The molecule has 37 heavy (non-hydrogen) atoms. The molecule has 1 fully saturated rings. The number of aromatic carboxylic acids is 1. The number of ketones is 1. The van der Waals surface area contributed by atoms with Crippen molar-refractivity contribution in [1.29, 1.82) is 0 Å². The molecule has 0 saturated carbocycles. The number of benzene rings is 3. The topological polar surface area (TPSA) is 102 Å². The highest BCUT2D eigenvalue weighted by molar-refractivity contribution is 5.92. The number of carbonyl (C=O) groups excluding carboxylic acids is 2. The van der Waals surface area contributed by atoms with Gasteiger partial charge < -0.3 is 24.2 Å². The van der Waals surface area contributed by atoms with E-state index in [9.17, 15) is 19.5 Å². The molecule has 1 amide bonds. The summed E-state index contributed by atoms with van der Waals surface area (Å²) in [5.41, 5.74) is 1.48. The van der Waals surface area contributed by atoms with E-state index in [0.717, 1.165) is 18.4 Å². The molecule has 8 heteroatoms. The Morgan fingerprint density at radius 3 is 2.22 bits per heavy atom. The predicted octanol–water partition coefficient (Wildman–Crippen LogP) is 5.14. The maximum Gasteiger partial charge on any atom is 0.409 e. The van der Waals surface area contributed by atoms with Crippen LogP contribution in [0, 0.1) is 0 Å². The van der Waals surface area contributed by atoms with Crippen molar-refractivity contribution in [3.63, 3.8) is 0 Å². The van der Waals surface area contributed by atoms with Crippen LogP contribution in [0.4, 0.5) is 4.79 Å². The van der Waals surface area contributed by atoms with Crippen LogP contribution < -0.4 is 9.47 Å². The van der Waals surface area contributed by atoms with E-state index < -0.39 is 5.97 Å². The Bertz CT molecular complexity index is 1240. The average molecular weight is 504 g/mol. The third kappa shape index (κ3) is 6.88. The van der Waals surface area contributed by atoms with Gasteiger partial charge in [-0.3, -0.25) is 4.79 Å². The van der Waals surface area contributed by atoms with Gasteiger partial charge in [0.05, 0.1) is 18.7 Å². The molecule has 1 aliphatic heterocycles. The zero-order chi connectivity index (χ0) is 26.2. The number of carbonyl (C=O) groups is 3. The van der Waals surface area contributed by atoms with Crippen molar-refractivity contribution in [3.05, 3.63) is 89.5 Å². The zero-order valence-corrected chi connectivity index (χ0v) is 20.6. The summed E-state index contributed by atoms with van der Waals surface area (Å²) in [5, 5.41) is 9.29. The number of Topliss-reactive ketones (excluding diaryl/α,β-unsaturated/α-hetero) is 1. The number of nitrogens with zero attached hydrogens (tertiary/aromatic N) is 1. The van der Waals surface area contributed by atoms with Crippen LogP contribution in [-0.2, 0) is 22.4 Å². The molecule has 0 spiro atoms. The summed E-state index contributed by atoms with van der Waals surface area (Å²) >= 11 is 0. The van der Waals surface area contributed by atoms with Gasteiger partial charge in [-0.15, -0.1) is 0 Å². The van der Waals surface area contributed by atoms with Crippen molar-refractivity contribution < 1.29 is 33.7 Å². The van der Waals surface area contributed by atoms with Gasteiger partial charge in [0, 0.05) is 19.4 Å². The highest BCUT2D eigenvalue weighted by Crippen LogP contribution is 2.26. The molecule has 1 saturated heterocycles. The van der Waals surface area contributed by atoms with Crippen LogP contribution in [0.25, 0.3) is 0 Å². The minimum absolute atomic E-state index is 0.000635. The van der Waals surface area contributed by atoms with Crippen molar-refractivity contribution in [1.82, 2.24) is 4.90 Å². The number of ether oxygens (including phenoxy) is 3. The Balaban J connectivity index is 1.27. The third-order valence-corrected chi connectivity index (χ3v) is 6.25. The first-order valence-electron chi connectivity index (χ1n) is 12.1. The highest BCUT2D eigenvalue weighted by Gasteiger charge is 2.29. The van der Waals surface area contributed by atoms with E-state index in [2.05, 4.69) is 0 Å². The molecule has 0 radical (unpaired) electrons. The Labute approximate surface area is 215 Å². The normalized spacial score (nSPS) is 14.7. The summed E-state index contributed by atoms with van der Waals surface area (Å²) in [4.78, 5) is 37.4. The molecule has 8 nitrogen and oxygen atoms in total. The first kappa shape index (κ1) is 25.8. The Hall–Kier alpha value is -4.33. The second-order valence-electron chi connectivity index (χ2n) is 8.84. The van der Waals surface area contributed by atoms with Gasteiger partial charge in [0.1, 0.15) is 29.6 Å². The van der Waals surface area contributed by atoms with Crippen molar-refractivity contribution in [2.45, 2.75) is 31.7 Å². The van der Waals surface area contributed by atoms with E-state index in [1.54, 1.807) is 47.4 Å². The van der Waals surface area contributed by atoms with Crippen LogP contribution in [0.3, 0.4) is 0 Å². The number of carboxylic acid groups (broad SMARTS) is 1. The van der Waals surface area contributed by atoms with Crippen LogP contribution in [0.1, 0.15) is 34.3 Å². The number of amides is 1. The average Bonchev–Trinajstić information content (AvgIpc) is 3.38. The molecule has 3 aromatic rings. The summed E-state index contributed by atoms with van der Waals surface area (Å²) in [6.45, 7) is 1.08. The van der Waals surface area contributed by atoms with Gasteiger partial charge in [0.25, 0.3) is 0 Å².